The number of rotatable bonds is 7. The minimum atomic E-state index is 0.511. The molecule has 1 N–H and O–H groups in total. The molecule has 1 atom stereocenters. The molecule has 0 bridgehead atoms. The lowest BCUT2D eigenvalue weighted by Gasteiger charge is -2.18. The van der Waals surface area contributed by atoms with E-state index in [4.69, 9.17) is 0 Å². The smallest absolute Gasteiger partial charge is 0.124 e. The molecular formula is C13H25N3. The van der Waals surface area contributed by atoms with Crippen molar-refractivity contribution in [1.29, 1.82) is 0 Å². The lowest BCUT2D eigenvalue weighted by atomic mass is 10.1. The highest BCUT2D eigenvalue weighted by atomic mass is 15.3. The van der Waals surface area contributed by atoms with Gasteiger partial charge in [0.15, 0.2) is 0 Å². The zero-order valence-corrected chi connectivity index (χ0v) is 11.0. The van der Waals surface area contributed by atoms with Crippen LogP contribution < -0.4 is 5.32 Å². The van der Waals surface area contributed by atoms with Crippen LogP contribution in [-0.2, 0) is 6.54 Å². The monoisotopic (exact) mass is 223 g/mol. The quantitative estimate of drug-likeness (QED) is 0.766. The van der Waals surface area contributed by atoms with E-state index in [0.29, 0.717) is 6.04 Å². The van der Waals surface area contributed by atoms with Crippen LogP contribution in [0, 0.1) is 5.92 Å². The molecular weight excluding hydrogens is 198 g/mol. The average molecular weight is 223 g/mol. The fourth-order valence-corrected chi connectivity index (χ4v) is 1.96. The number of aryl methyl sites for hydroxylation is 1. The van der Waals surface area contributed by atoms with Crippen LogP contribution in [-0.4, -0.2) is 15.8 Å². The summed E-state index contributed by atoms with van der Waals surface area (Å²) in [5.41, 5.74) is 0. The van der Waals surface area contributed by atoms with E-state index < -0.39 is 0 Å². The zero-order chi connectivity index (χ0) is 12.0. The number of hydrogen-bond acceptors (Lipinski definition) is 2. The zero-order valence-electron chi connectivity index (χ0n) is 11.0. The third-order valence-electron chi connectivity index (χ3n) is 2.66. The molecule has 0 spiro atoms. The Hall–Kier alpha value is -0.990. The molecule has 1 rings (SSSR count). The maximum atomic E-state index is 4.34. The topological polar surface area (TPSA) is 29.9 Å². The fraction of sp³-hybridized carbons (Fsp3) is 0.769. The number of nitrogens with one attached hydrogen (secondary N) is 1. The Morgan fingerprint density at radius 1 is 1.38 bits per heavy atom. The molecule has 16 heavy (non-hydrogen) atoms. The van der Waals surface area contributed by atoms with Crippen molar-refractivity contribution in [2.24, 2.45) is 5.92 Å². The second-order valence-electron chi connectivity index (χ2n) is 4.97. The third kappa shape index (κ3) is 4.25. The van der Waals surface area contributed by atoms with Crippen molar-refractivity contribution in [2.45, 2.75) is 59.5 Å². The van der Waals surface area contributed by atoms with Gasteiger partial charge in [-0.15, -0.1) is 0 Å². The van der Waals surface area contributed by atoms with Crippen molar-refractivity contribution in [2.75, 3.05) is 5.32 Å². The maximum absolute atomic E-state index is 4.34. The van der Waals surface area contributed by atoms with E-state index in [1.807, 2.05) is 6.20 Å². The molecule has 0 aliphatic carbocycles. The van der Waals surface area contributed by atoms with Crippen molar-refractivity contribution in [3.63, 3.8) is 0 Å². The molecule has 0 aromatic carbocycles. The van der Waals surface area contributed by atoms with Gasteiger partial charge in [-0.2, -0.15) is 5.10 Å². The molecule has 1 aromatic heterocycles. The minimum Gasteiger partial charge on any atom is -0.368 e. The fourth-order valence-electron chi connectivity index (χ4n) is 1.96. The van der Waals surface area contributed by atoms with Crippen LogP contribution in [0.25, 0.3) is 0 Å². The molecule has 0 aliphatic heterocycles. The summed E-state index contributed by atoms with van der Waals surface area (Å²) in [5.74, 6) is 1.89. The van der Waals surface area contributed by atoms with Gasteiger partial charge in [0.2, 0.25) is 0 Å². The predicted octanol–water partition coefficient (Wildman–Crippen LogP) is 3.53. The number of unbranched alkanes of at least 4 members (excludes halogenated alkanes) is 1. The van der Waals surface area contributed by atoms with E-state index in [0.717, 1.165) is 18.3 Å². The van der Waals surface area contributed by atoms with Gasteiger partial charge in [0.25, 0.3) is 0 Å². The van der Waals surface area contributed by atoms with Crippen LogP contribution in [0.1, 0.15) is 47.0 Å². The number of nitrogens with zero attached hydrogens (tertiary/aromatic N) is 2. The predicted molar refractivity (Wildman–Crippen MR) is 69.7 cm³/mol. The Labute approximate surface area is 99.2 Å². The van der Waals surface area contributed by atoms with Crippen LogP contribution in [0.4, 0.5) is 5.82 Å². The van der Waals surface area contributed by atoms with Crippen LogP contribution in [0.15, 0.2) is 12.3 Å². The Morgan fingerprint density at radius 3 is 2.75 bits per heavy atom. The summed E-state index contributed by atoms with van der Waals surface area (Å²) in [7, 11) is 0. The van der Waals surface area contributed by atoms with Crippen LogP contribution in [0.2, 0.25) is 0 Å². The highest BCUT2D eigenvalue weighted by Gasteiger charge is 2.07. The van der Waals surface area contributed by atoms with E-state index in [-0.39, 0.29) is 0 Å². The molecule has 0 saturated heterocycles. The van der Waals surface area contributed by atoms with Crippen molar-refractivity contribution in [3.05, 3.63) is 12.3 Å². The van der Waals surface area contributed by atoms with E-state index in [2.05, 4.69) is 48.9 Å². The van der Waals surface area contributed by atoms with Crippen molar-refractivity contribution in [3.8, 4) is 0 Å². The lowest BCUT2D eigenvalue weighted by Crippen LogP contribution is -2.20. The van der Waals surface area contributed by atoms with Gasteiger partial charge in [-0.05, 0) is 25.7 Å². The molecule has 1 aromatic rings. The van der Waals surface area contributed by atoms with Crippen LogP contribution in [0.5, 0.6) is 0 Å². The molecule has 0 saturated carbocycles. The van der Waals surface area contributed by atoms with Gasteiger partial charge >= 0.3 is 0 Å². The molecule has 1 unspecified atom stereocenters. The summed E-state index contributed by atoms with van der Waals surface area (Å²) in [6.07, 6.45) is 5.47. The standard InChI is InChI=1S/C13H25N3/c1-5-6-9-16-13(7-8-14-16)15-12(4)10-11(2)3/h7-8,11-12,15H,5-6,9-10H2,1-4H3. The molecule has 0 amide bonds. The number of aromatic nitrogens is 2. The third-order valence-corrected chi connectivity index (χ3v) is 2.66. The van der Waals surface area contributed by atoms with Gasteiger partial charge in [0.1, 0.15) is 5.82 Å². The van der Waals surface area contributed by atoms with Gasteiger partial charge in [-0.25, -0.2) is 4.68 Å². The first-order valence-electron chi connectivity index (χ1n) is 6.41. The Bertz CT molecular complexity index is 291. The number of hydrogen-bond donors (Lipinski definition) is 1. The number of anilines is 1. The van der Waals surface area contributed by atoms with E-state index >= 15 is 0 Å². The van der Waals surface area contributed by atoms with Gasteiger partial charge in [-0.3, -0.25) is 0 Å². The average Bonchev–Trinajstić information content (AvgIpc) is 2.61. The molecule has 3 heteroatoms. The normalized spacial score (nSPS) is 13.1. The van der Waals surface area contributed by atoms with Gasteiger partial charge < -0.3 is 5.32 Å². The Morgan fingerprint density at radius 2 is 2.12 bits per heavy atom. The Balaban J connectivity index is 2.49. The van der Waals surface area contributed by atoms with Gasteiger partial charge in [0, 0.05) is 18.7 Å². The van der Waals surface area contributed by atoms with E-state index in [9.17, 15) is 0 Å². The molecule has 0 fully saturated rings. The minimum absolute atomic E-state index is 0.511. The van der Waals surface area contributed by atoms with Crippen LogP contribution in [0.3, 0.4) is 0 Å². The maximum Gasteiger partial charge on any atom is 0.124 e. The second kappa shape index (κ2) is 6.56. The largest absolute Gasteiger partial charge is 0.368 e. The second-order valence-corrected chi connectivity index (χ2v) is 4.97. The van der Waals surface area contributed by atoms with E-state index in [1.165, 1.54) is 19.3 Å². The Kier molecular flexibility index (Phi) is 5.36. The summed E-state index contributed by atoms with van der Waals surface area (Å²) in [4.78, 5) is 0. The SMILES string of the molecule is CCCCn1nccc1NC(C)CC(C)C. The molecule has 1 heterocycles. The first kappa shape index (κ1) is 13.1. The summed E-state index contributed by atoms with van der Waals surface area (Å²) >= 11 is 0. The van der Waals surface area contributed by atoms with Gasteiger partial charge in [0.05, 0.1) is 6.20 Å². The molecule has 92 valence electrons. The summed E-state index contributed by atoms with van der Waals surface area (Å²) in [6.45, 7) is 9.97. The summed E-state index contributed by atoms with van der Waals surface area (Å²) in [6, 6.07) is 2.57. The summed E-state index contributed by atoms with van der Waals surface area (Å²) < 4.78 is 2.07. The highest BCUT2D eigenvalue weighted by molar-refractivity contribution is 5.34. The van der Waals surface area contributed by atoms with E-state index in [1.54, 1.807) is 0 Å². The molecule has 3 nitrogen and oxygen atoms in total. The van der Waals surface area contributed by atoms with Crippen molar-refractivity contribution >= 4 is 5.82 Å². The van der Waals surface area contributed by atoms with Crippen LogP contribution >= 0.6 is 0 Å². The molecule has 0 aliphatic rings. The first-order chi connectivity index (χ1) is 7.63. The highest BCUT2D eigenvalue weighted by Crippen LogP contribution is 2.13. The first-order valence-corrected chi connectivity index (χ1v) is 6.41. The summed E-state index contributed by atoms with van der Waals surface area (Å²) in [5, 5.41) is 7.87. The molecule has 0 radical (unpaired) electrons. The van der Waals surface area contributed by atoms with Gasteiger partial charge in [-0.1, -0.05) is 27.2 Å². The lowest BCUT2D eigenvalue weighted by molar-refractivity contribution is 0.527. The van der Waals surface area contributed by atoms with Crippen molar-refractivity contribution < 1.29 is 0 Å². The van der Waals surface area contributed by atoms with Crippen molar-refractivity contribution in [1.82, 2.24) is 9.78 Å².